The highest BCUT2D eigenvalue weighted by atomic mass is 32.1. The van der Waals surface area contributed by atoms with Crippen molar-refractivity contribution in [2.45, 2.75) is 45.4 Å². The number of nitrogens with zero attached hydrogens (tertiary/aromatic N) is 4. The minimum atomic E-state index is 0.776. The van der Waals surface area contributed by atoms with Crippen molar-refractivity contribution in [3.63, 3.8) is 0 Å². The average Bonchev–Trinajstić information content (AvgIpc) is 3.00. The number of morpholine rings is 3. The average molecular weight is 552 g/mol. The SMILES string of the molecule is CCCCCCCc1cc2nc3ccc(N4CCOCC4)cc3sc-2c(N2CCOCC2)c1=[N+]1CCOCC1. The Bertz CT molecular complexity index is 1290. The summed E-state index contributed by atoms with van der Waals surface area (Å²) in [6.45, 7) is 12.6. The summed E-state index contributed by atoms with van der Waals surface area (Å²) < 4.78 is 21.0. The lowest BCUT2D eigenvalue weighted by Crippen LogP contribution is -2.46. The second-order valence-electron chi connectivity index (χ2n) is 10.9. The number of anilines is 2. The topological polar surface area (TPSA) is 50.1 Å². The molecular formula is C31H43N4O3S+. The molecule has 4 heterocycles. The Morgan fingerprint density at radius 3 is 2.26 bits per heavy atom. The lowest BCUT2D eigenvalue weighted by molar-refractivity contribution is 0.0962. The Morgan fingerprint density at radius 1 is 0.821 bits per heavy atom. The number of rotatable bonds is 8. The quantitative estimate of drug-likeness (QED) is 0.235. The van der Waals surface area contributed by atoms with E-state index in [9.17, 15) is 0 Å². The first-order chi connectivity index (χ1) is 19.3. The van der Waals surface area contributed by atoms with E-state index in [1.807, 2.05) is 11.3 Å². The van der Waals surface area contributed by atoms with Gasteiger partial charge in [-0.2, -0.15) is 0 Å². The number of hydrogen-bond donors (Lipinski definition) is 0. The van der Waals surface area contributed by atoms with Crippen LogP contribution in [0.25, 0.3) is 20.8 Å². The second kappa shape index (κ2) is 12.9. The van der Waals surface area contributed by atoms with Crippen LogP contribution in [0.3, 0.4) is 0 Å². The van der Waals surface area contributed by atoms with E-state index in [2.05, 4.69) is 45.6 Å². The summed E-state index contributed by atoms with van der Waals surface area (Å²) in [7, 11) is 0. The zero-order chi connectivity index (χ0) is 26.4. The maximum atomic E-state index is 5.80. The maximum absolute atomic E-state index is 5.80. The van der Waals surface area contributed by atoms with Crippen molar-refractivity contribution in [3.05, 3.63) is 35.2 Å². The monoisotopic (exact) mass is 551 g/mol. The van der Waals surface area contributed by atoms with Crippen LogP contribution in [0.1, 0.15) is 44.6 Å². The molecule has 1 aromatic carbocycles. The van der Waals surface area contributed by atoms with Gasteiger partial charge in [0.1, 0.15) is 18.9 Å². The molecule has 6 rings (SSSR count). The van der Waals surface area contributed by atoms with Crippen LogP contribution >= 0.6 is 11.3 Å². The lowest BCUT2D eigenvalue weighted by Gasteiger charge is -2.31. The number of aryl methyl sites for hydroxylation is 1. The van der Waals surface area contributed by atoms with E-state index >= 15 is 0 Å². The predicted octanol–water partition coefficient (Wildman–Crippen LogP) is 4.39. The third-order valence-electron chi connectivity index (χ3n) is 8.26. The van der Waals surface area contributed by atoms with Gasteiger partial charge in [0.25, 0.3) is 0 Å². The van der Waals surface area contributed by atoms with E-state index in [0.717, 1.165) is 96.5 Å². The molecule has 0 unspecified atom stereocenters. The molecule has 1 aromatic rings. The Kier molecular flexibility index (Phi) is 8.94. The zero-order valence-electron chi connectivity index (χ0n) is 23.5. The molecule has 4 aliphatic heterocycles. The van der Waals surface area contributed by atoms with Crippen LogP contribution in [0, 0.1) is 0 Å². The summed E-state index contributed by atoms with van der Waals surface area (Å²) in [4.78, 5) is 11.6. The predicted molar refractivity (Wildman–Crippen MR) is 161 cm³/mol. The normalized spacial score (nSPS) is 18.8. The molecule has 0 bridgehead atoms. The van der Waals surface area contributed by atoms with Gasteiger partial charge in [-0.25, -0.2) is 9.56 Å². The van der Waals surface area contributed by atoms with Crippen LogP contribution in [0.5, 0.6) is 0 Å². The smallest absolute Gasteiger partial charge is 0.228 e. The summed E-state index contributed by atoms with van der Waals surface area (Å²) in [5.74, 6) is 0. The van der Waals surface area contributed by atoms with Crippen LogP contribution in [0.15, 0.2) is 24.3 Å². The molecule has 210 valence electrons. The number of unbranched alkanes of at least 4 members (excludes halogenated alkanes) is 4. The molecule has 0 amide bonds. The van der Waals surface area contributed by atoms with Crippen LogP contribution in [-0.4, -0.2) is 83.9 Å². The maximum Gasteiger partial charge on any atom is 0.228 e. The fourth-order valence-electron chi connectivity index (χ4n) is 6.13. The Labute approximate surface area is 236 Å². The van der Waals surface area contributed by atoms with Crippen molar-refractivity contribution in [2.24, 2.45) is 0 Å². The van der Waals surface area contributed by atoms with E-state index in [0.29, 0.717) is 0 Å². The van der Waals surface area contributed by atoms with Crippen LogP contribution in [-0.2, 0) is 20.6 Å². The van der Waals surface area contributed by atoms with Gasteiger partial charge in [0.15, 0.2) is 13.1 Å². The molecule has 0 spiro atoms. The lowest BCUT2D eigenvalue weighted by atomic mass is 10.0. The van der Waals surface area contributed by atoms with Crippen LogP contribution < -0.4 is 19.7 Å². The first kappa shape index (κ1) is 26.9. The van der Waals surface area contributed by atoms with E-state index in [1.165, 1.54) is 64.0 Å². The van der Waals surface area contributed by atoms with Gasteiger partial charge >= 0.3 is 0 Å². The van der Waals surface area contributed by atoms with Crippen molar-refractivity contribution >= 4 is 32.9 Å². The van der Waals surface area contributed by atoms with Crippen molar-refractivity contribution in [2.75, 3.05) is 88.7 Å². The number of hydrogen-bond acceptors (Lipinski definition) is 7. The molecule has 0 atom stereocenters. The highest BCUT2D eigenvalue weighted by molar-refractivity contribution is 7.22. The number of fused-ring (bicyclic) bond motifs is 2. The van der Waals surface area contributed by atoms with Gasteiger partial charge in [-0.3, -0.25) is 0 Å². The zero-order valence-corrected chi connectivity index (χ0v) is 24.3. The van der Waals surface area contributed by atoms with Crippen molar-refractivity contribution in [1.82, 2.24) is 9.56 Å². The molecule has 1 aliphatic carbocycles. The van der Waals surface area contributed by atoms with Gasteiger partial charge in [0, 0.05) is 37.4 Å². The van der Waals surface area contributed by atoms with Gasteiger partial charge in [-0.05, 0) is 37.1 Å². The fourth-order valence-corrected chi connectivity index (χ4v) is 7.28. The Morgan fingerprint density at radius 2 is 1.51 bits per heavy atom. The van der Waals surface area contributed by atoms with Crippen molar-refractivity contribution in [1.29, 1.82) is 0 Å². The molecule has 8 heteroatoms. The second-order valence-corrected chi connectivity index (χ2v) is 12.0. The molecule has 3 fully saturated rings. The number of aromatic nitrogens is 1. The third-order valence-corrected chi connectivity index (χ3v) is 9.42. The van der Waals surface area contributed by atoms with Crippen LogP contribution in [0.2, 0.25) is 0 Å². The molecule has 3 saturated heterocycles. The van der Waals surface area contributed by atoms with Gasteiger partial charge in [0.2, 0.25) is 5.36 Å². The first-order valence-electron chi connectivity index (χ1n) is 15.0. The van der Waals surface area contributed by atoms with Gasteiger partial charge < -0.3 is 24.0 Å². The number of ether oxygens (including phenoxy) is 3. The Balaban J connectivity index is 1.51. The molecule has 0 N–H and O–H groups in total. The van der Waals surface area contributed by atoms with E-state index in [1.54, 1.807) is 0 Å². The minimum absolute atomic E-state index is 0.776. The summed E-state index contributed by atoms with van der Waals surface area (Å²) in [5, 5.41) is 1.42. The molecule has 7 nitrogen and oxygen atoms in total. The van der Waals surface area contributed by atoms with Crippen molar-refractivity contribution < 1.29 is 14.2 Å². The van der Waals surface area contributed by atoms with Crippen molar-refractivity contribution in [3.8, 4) is 10.6 Å². The minimum Gasteiger partial charge on any atom is -0.378 e. The highest BCUT2D eigenvalue weighted by Crippen LogP contribution is 2.39. The molecule has 0 saturated carbocycles. The third kappa shape index (κ3) is 6.09. The fraction of sp³-hybridized carbons (Fsp3) is 0.613. The number of benzene rings is 2. The standard InChI is InChI=1S/C31H43N4O3S/c1-2-3-4-5-6-7-24-22-27-31(30(35-14-20-38-21-15-35)29(24)34-12-18-37-19-13-34)39-28-23-25(8-9-26(28)32-27)33-10-16-36-17-11-33/h8-9,22-23H,2-7,10-21H2,1H3/q+1. The summed E-state index contributed by atoms with van der Waals surface area (Å²) >= 11 is 1.91. The molecular weight excluding hydrogens is 508 g/mol. The summed E-state index contributed by atoms with van der Waals surface area (Å²) in [6, 6.07) is 9.20. The van der Waals surface area contributed by atoms with Gasteiger partial charge in [-0.1, -0.05) is 32.6 Å². The largest absolute Gasteiger partial charge is 0.378 e. The molecule has 0 radical (unpaired) electrons. The first-order valence-corrected chi connectivity index (χ1v) is 15.8. The van der Waals surface area contributed by atoms with E-state index in [-0.39, 0.29) is 0 Å². The molecule has 0 aromatic heterocycles. The summed E-state index contributed by atoms with van der Waals surface area (Å²) in [6.07, 6.45) is 7.55. The Hall–Kier alpha value is -2.26. The molecule has 39 heavy (non-hydrogen) atoms. The van der Waals surface area contributed by atoms with Gasteiger partial charge in [0.05, 0.1) is 47.2 Å². The highest BCUT2D eigenvalue weighted by Gasteiger charge is 2.29. The van der Waals surface area contributed by atoms with E-state index < -0.39 is 0 Å². The van der Waals surface area contributed by atoms with Gasteiger partial charge in [-0.15, -0.1) is 11.3 Å². The van der Waals surface area contributed by atoms with Crippen LogP contribution in [0.4, 0.5) is 11.4 Å². The molecule has 5 aliphatic rings. The summed E-state index contributed by atoms with van der Waals surface area (Å²) in [5.41, 5.74) is 6.32. The van der Waals surface area contributed by atoms with E-state index in [4.69, 9.17) is 19.2 Å².